The minimum absolute atomic E-state index is 0.128. The third kappa shape index (κ3) is 11.5. The molecule has 316 valence electrons. The van der Waals surface area contributed by atoms with E-state index in [1.807, 2.05) is 73.6 Å². The van der Waals surface area contributed by atoms with E-state index in [1.165, 1.54) is 20.8 Å². The smallest absolute Gasteiger partial charge is 0.310 e. The molecule has 0 aromatic heterocycles. The highest BCUT2D eigenvalue weighted by Gasteiger charge is 2.61. The minimum atomic E-state index is -0.979. The van der Waals surface area contributed by atoms with Crippen LogP contribution in [0.4, 0.5) is 0 Å². The minimum Gasteiger partial charge on any atom is -0.481 e. The molecule has 0 saturated carbocycles. The van der Waals surface area contributed by atoms with Crippen LogP contribution in [0.25, 0.3) is 0 Å². The maximum atomic E-state index is 13.5. The molecule has 5 N–H and O–H groups in total. The Kier molecular flexibility index (Phi) is 15.3. The Morgan fingerprint density at radius 2 is 0.964 bits per heavy atom. The summed E-state index contributed by atoms with van der Waals surface area (Å²) in [6.45, 7) is 24.8. The number of aliphatic carboxylic acids is 2. The molecule has 3 saturated heterocycles. The molecule has 55 heavy (non-hydrogen) atoms. The van der Waals surface area contributed by atoms with Gasteiger partial charge >= 0.3 is 11.9 Å². The maximum Gasteiger partial charge on any atom is 0.310 e. The molecule has 3 aliphatic rings. The van der Waals surface area contributed by atoms with Crippen molar-refractivity contribution in [3.8, 4) is 0 Å². The summed E-state index contributed by atoms with van der Waals surface area (Å²) < 4.78 is 6.05. The number of carboxylic acid groups (broad SMARTS) is 2. The molecular weight excluding hydrogens is 698 g/mol. The number of carbonyl (C=O) groups is 2. The number of piperidine rings is 3. The first-order chi connectivity index (χ1) is 25.1. The van der Waals surface area contributed by atoms with E-state index in [2.05, 4.69) is 39.8 Å². The summed E-state index contributed by atoms with van der Waals surface area (Å²) in [5.41, 5.74) is -2.53. The average molecular weight is 776 g/mol. The van der Waals surface area contributed by atoms with Crippen LogP contribution in [0.1, 0.15) is 172 Å². The van der Waals surface area contributed by atoms with Crippen LogP contribution in [0.15, 0.2) is 30.3 Å². The summed E-state index contributed by atoms with van der Waals surface area (Å²) in [5.74, 6) is -1.80. The van der Waals surface area contributed by atoms with Gasteiger partial charge in [0.25, 0.3) is 0 Å². The van der Waals surface area contributed by atoms with Gasteiger partial charge in [0.05, 0.1) is 18.1 Å². The van der Waals surface area contributed by atoms with E-state index in [0.29, 0.717) is 45.1 Å². The van der Waals surface area contributed by atoms with Gasteiger partial charge in [0.1, 0.15) is 0 Å². The average Bonchev–Trinajstić information content (AvgIpc) is 3.05. The molecule has 0 atom stereocenters. The molecule has 1 aromatic carbocycles. The van der Waals surface area contributed by atoms with Gasteiger partial charge in [-0.2, -0.15) is 15.2 Å². The zero-order valence-corrected chi connectivity index (χ0v) is 36.3. The summed E-state index contributed by atoms with van der Waals surface area (Å²) in [6, 6.07) is 10.2. The number of hydrogen-bond acceptors (Lipinski definition) is 9. The lowest BCUT2D eigenvalue weighted by Crippen LogP contribution is -2.66. The van der Waals surface area contributed by atoms with Crippen LogP contribution in [0.2, 0.25) is 0 Å². The molecule has 1 aromatic rings. The molecule has 11 nitrogen and oxygen atoms in total. The van der Waals surface area contributed by atoms with Gasteiger partial charge in [-0.15, -0.1) is 0 Å². The van der Waals surface area contributed by atoms with Gasteiger partial charge in [-0.05, 0) is 152 Å². The molecule has 0 spiro atoms. The summed E-state index contributed by atoms with van der Waals surface area (Å²) in [5, 5.41) is 56.3. The number of nitrogens with zero attached hydrogens (tertiary/aromatic N) is 3. The van der Waals surface area contributed by atoms with Gasteiger partial charge in [0.2, 0.25) is 0 Å². The lowest BCUT2D eigenvalue weighted by molar-refractivity contribution is -0.277. The van der Waals surface area contributed by atoms with Crippen LogP contribution in [-0.2, 0) is 20.9 Å². The Balaban J connectivity index is 0.000000357. The van der Waals surface area contributed by atoms with Crippen molar-refractivity contribution in [2.75, 3.05) is 0 Å². The molecule has 11 heteroatoms. The predicted molar refractivity (Wildman–Crippen MR) is 215 cm³/mol. The van der Waals surface area contributed by atoms with E-state index in [9.17, 15) is 30.3 Å². The first-order valence-electron chi connectivity index (χ1n) is 20.7. The van der Waals surface area contributed by atoms with E-state index in [1.54, 1.807) is 0 Å². The molecule has 0 radical (unpaired) electrons. The summed E-state index contributed by atoms with van der Waals surface area (Å²) >= 11 is 0. The molecular formula is C44H77N3O8. The maximum absolute atomic E-state index is 13.5. The van der Waals surface area contributed by atoms with Crippen molar-refractivity contribution in [1.82, 2.24) is 15.2 Å². The molecule has 0 unspecified atom stereocenters. The number of benzene rings is 1. The summed E-state index contributed by atoms with van der Waals surface area (Å²) in [6.07, 6.45) is 8.93. The standard InChI is InChI=1S/C28H52N2O6.C16H25NO2/c1-24(2)16-20(17-25(3,4)29(24)35)28(23(33)34,15-13-11-9-10-12-14-22(31)32)21-18-26(5,6)30(36)27(7,8)19-21;1-15(2)10-14(11-16(3,4)17(15)18)19-12-13-8-6-5-7-9-13/h20-21,35-36H,9-19H2,1-8H3,(H,31,32)(H,33,34);5-9,14,18H,10-12H2,1-4H3. The largest absolute Gasteiger partial charge is 0.481 e. The number of rotatable bonds is 14. The second-order valence-corrected chi connectivity index (χ2v) is 20.9. The summed E-state index contributed by atoms with van der Waals surface area (Å²) in [7, 11) is 0. The van der Waals surface area contributed by atoms with Gasteiger partial charge in [-0.1, -0.05) is 56.0 Å². The zero-order valence-electron chi connectivity index (χ0n) is 36.3. The third-order valence-corrected chi connectivity index (χ3v) is 13.0. The van der Waals surface area contributed by atoms with Gasteiger partial charge < -0.3 is 30.6 Å². The van der Waals surface area contributed by atoms with Crippen LogP contribution in [0.5, 0.6) is 0 Å². The molecule has 3 aliphatic heterocycles. The van der Waals surface area contributed by atoms with Crippen LogP contribution in [0, 0.1) is 17.3 Å². The van der Waals surface area contributed by atoms with Crippen LogP contribution >= 0.6 is 0 Å². The van der Waals surface area contributed by atoms with Crippen molar-refractivity contribution in [3.05, 3.63) is 35.9 Å². The second-order valence-electron chi connectivity index (χ2n) is 20.9. The summed E-state index contributed by atoms with van der Waals surface area (Å²) in [4.78, 5) is 24.2. The fourth-order valence-electron chi connectivity index (χ4n) is 10.8. The Bertz CT molecular complexity index is 1310. The first-order valence-corrected chi connectivity index (χ1v) is 20.7. The number of hydroxylamine groups is 6. The third-order valence-electron chi connectivity index (χ3n) is 13.0. The van der Waals surface area contributed by atoms with Gasteiger partial charge in [0.15, 0.2) is 0 Å². The Labute approximate surface area is 332 Å². The van der Waals surface area contributed by atoms with E-state index in [4.69, 9.17) is 9.84 Å². The van der Waals surface area contributed by atoms with Crippen molar-refractivity contribution in [3.63, 3.8) is 0 Å². The van der Waals surface area contributed by atoms with Crippen molar-refractivity contribution >= 4 is 11.9 Å². The van der Waals surface area contributed by atoms with E-state index in [0.717, 1.165) is 38.5 Å². The topological polar surface area (TPSA) is 154 Å². The zero-order chi connectivity index (χ0) is 41.8. The van der Waals surface area contributed by atoms with Gasteiger partial charge in [-0.3, -0.25) is 9.59 Å². The fraction of sp³-hybridized carbons (Fsp3) is 0.818. The quantitative estimate of drug-likeness (QED) is 0.115. The molecule has 4 rings (SSSR count). The monoisotopic (exact) mass is 776 g/mol. The van der Waals surface area contributed by atoms with Gasteiger partial charge in [0, 0.05) is 39.7 Å². The van der Waals surface area contributed by atoms with Crippen LogP contribution in [0.3, 0.4) is 0 Å². The Hall–Kier alpha value is -2.12. The lowest BCUT2D eigenvalue weighted by atomic mass is 9.52. The van der Waals surface area contributed by atoms with Crippen LogP contribution in [-0.4, -0.2) is 92.3 Å². The highest BCUT2D eigenvalue weighted by molar-refractivity contribution is 5.76. The lowest BCUT2D eigenvalue weighted by Gasteiger charge is -2.60. The molecule has 3 fully saturated rings. The number of unbranched alkanes of at least 4 members (excludes halogenated alkanes) is 4. The van der Waals surface area contributed by atoms with Crippen LogP contribution < -0.4 is 0 Å². The molecule has 0 aliphatic carbocycles. The molecule has 0 bridgehead atoms. The predicted octanol–water partition coefficient (Wildman–Crippen LogP) is 9.80. The number of carboxylic acids is 2. The van der Waals surface area contributed by atoms with Crippen molar-refractivity contribution in [2.45, 2.75) is 212 Å². The van der Waals surface area contributed by atoms with Crippen molar-refractivity contribution in [2.24, 2.45) is 17.3 Å². The molecule has 3 heterocycles. The van der Waals surface area contributed by atoms with Gasteiger partial charge in [-0.25, -0.2) is 0 Å². The van der Waals surface area contributed by atoms with E-state index < -0.39 is 39.5 Å². The Morgan fingerprint density at radius 3 is 1.35 bits per heavy atom. The van der Waals surface area contributed by atoms with E-state index >= 15 is 0 Å². The van der Waals surface area contributed by atoms with Crippen molar-refractivity contribution < 1.29 is 40.2 Å². The van der Waals surface area contributed by atoms with Crippen molar-refractivity contribution in [1.29, 1.82) is 0 Å². The second kappa shape index (κ2) is 17.8. The van der Waals surface area contributed by atoms with E-state index in [-0.39, 0.29) is 35.4 Å². The number of ether oxygens (including phenoxy) is 1. The SMILES string of the molecule is CC1(C)CC(C(CCCCCCCC(=O)O)(C(=O)O)C2CC(C)(C)N(O)C(C)(C)C2)CC(C)(C)N1O.CC1(C)CC(OCc2ccccc2)CC(C)(C)N1O. The first kappa shape index (κ1) is 47.3. The Morgan fingerprint density at radius 1 is 0.600 bits per heavy atom. The highest BCUT2D eigenvalue weighted by atomic mass is 16.5. The number of hydrogen-bond donors (Lipinski definition) is 5. The highest BCUT2D eigenvalue weighted by Crippen LogP contribution is 2.58. The normalized spacial score (nSPS) is 24.5. The molecule has 0 amide bonds. The fourth-order valence-corrected chi connectivity index (χ4v) is 10.8.